The predicted molar refractivity (Wildman–Crippen MR) is 52.6 cm³/mol. The average Bonchev–Trinajstić information content (AvgIpc) is 2.54. The van der Waals surface area contributed by atoms with Crippen molar-refractivity contribution in [2.45, 2.75) is 46.8 Å². The van der Waals surface area contributed by atoms with Crippen molar-refractivity contribution in [3.05, 3.63) is 17.0 Å². The van der Waals surface area contributed by atoms with Crippen LogP contribution in [0.3, 0.4) is 0 Å². The van der Waals surface area contributed by atoms with Gasteiger partial charge in [-0.2, -0.15) is 5.10 Å². The molecule has 1 heterocycles. The molecule has 0 aromatic carbocycles. The van der Waals surface area contributed by atoms with Crippen LogP contribution in [0.2, 0.25) is 0 Å². The summed E-state index contributed by atoms with van der Waals surface area (Å²) in [5.74, 6) is 0. The lowest BCUT2D eigenvalue weighted by Gasteiger charge is -2.02. The van der Waals surface area contributed by atoms with E-state index in [0.717, 1.165) is 30.6 Å². The second-order valence-electron chi connectivity index (χ2n) is 3.05. The van der Waals surface area contributed by atoms with Crippen LogP contribution in [0.5, 0.6) is 0 Å². The van der Waals surface area contributed by atoms with Crippen molar-refractivity contribution >= 4 is 0 Å². The summed E-state index contributed by atoms with van der Waals surface area (Å²) in [5.41, 5.74) is 3.26. The Hall–Kier alpha value is -0.830. The van der Waals surface area contributed by atoms with Crippen molar-refractivity contribution in [3.63, 3.8) is 0 Å². The molecule has 3 nitrogen and oxygen atoms in total. The van der Waals surface area contributed by atoms with Gasteiger partial charge in [0.1, 0.15) is 0 Å². The molecule has 0 amide bonds. The summed E-state index contributed by atoms with van der Waals surface area (Å²) in [4.78, 5) is 0. The van der Waals surface area contributed by atoms with Gasteiger partial charge in [-0.15, -0.1) is 0 Å². The fourth-order valence-corrected chi connectivity index (χ4v) is 1.71. The summed E-state index contributed by atoms with van der Waals surface area (Å²) < 4.78 is 1.99. The van der Waals surface area contributed by atoms with Gasteiger partial charge in [-0.1, -0.05) is 13.8 Å². The van der Waals surface area contributed by atoms with Crippen LogP contribution in [0, 0.1) is 0 Å². The first-order chi connectivity index (χ1) is 6.28. The van der Waals surface area contributed by atoms with Gasteiger partial charge >= 0.3 is 0 Å². The van der Waals surface area contributed by atoms with Crippen LogP contribution < -0.4 is 0 Å². The third-order valence-corrected chi connectivity index (χ3v) is 2.38. The molecule has 3 heteroatoms. The molecule has 1 aromatic heterocycles. The van der Waals surface area contributed by atoms with Crippen LogP contribution >= 0.6 is 0 Å². The molecule has 1 N–H and O–H groups in total. The van der Waals surface area contributed by atoms with E-state index in [1.807, 2.05) is 4.68 Å². The maximum Gasteiger partial charge on any atom is 0.0718 e. The molecule has 0 saturated carbocycles. The highest BCUT2D eigenvalue weighted by Gasteiger charge is 2.12. The van der Waals surface area contributed by atoms with Crippen LogP contribution in [0.25, 0.3) is 0 Å². The Labute approximate surface area is 79.4 Å². The first kappa shape index (κ1) is 10.3. The van der Waals surface area contributed by atoms with Crippen molar-refractivity contribution in [1.82, 2.24) is 9.78 Å². The minimum absolute atomic E-state index is 0.117. The normalized spacial score (nSPS) is 10.8. The van der Waals surface area contributed by atoms with Crippen LogP contribution in [-0.4, -0.2) is 14.9 Å². The van der Waals surface area contributed by atoms with E-state index in [0.29, 0.717) is 0 Å². The Balaban J connectivity index is 3.17. The largest absolute Gasteiger partial charge is 0.392 e. The van der Waals surface area contributed by atoms with E-state index in [-0.39, 0.29) is 6.61 Å². The maximum absolute atomic E-state index is 9.22. The van der Waals surface area contributed by atoms with Gasteiger partial charge in [0.2, 0.25) is 0 Å². The lowest BCUT2D eigenvalue weighted by molar-refractivity contribution is 0.279. The number of hydrogen-bond acceptors (Lipinski definition) is 2. The maximum atomic E-state index is 9.22. The molecule has 0 bridgehead atoms. The first-order valence-corrected chi connectivity index (χ1v) is 4.96. The number of aromatic nitrogens is 2. The Morgan fingerprint density at radius 2 is 1.92 bits per heavy atom. The lowest BCUT2D eigenvalue weighted by atomic mass is 10.1. The summed E-state index contributed by atoms with van der Waals surface area (Å²) in [5, 5.41) is 13.7. The quantitative estimate of drug-likeness (QED) is 0.766. The molecule has 0 saturated heterocycles. The van der Waals surface area contributed by atoms with Crippen molar-refractivity contribution in [1.29, 1.82) is 0 Å². The molecule has 0 aliphatic rings. The summed E-state index contributed by atoms with van der Waals surface area (Å²) in [7, 11) is 0. The minimum atomic E-state index is 0.117. The molecular weight excluding hydrogens is 164 g/mol. The fraction of sp³-hybridized carbons (Fsp3) is 0.700. The minimum Gasteiger partial charge on any atom is -0.392 e. The SMILES string of the molecule is CCc1nn(CC)c(CC)c1CO. The zero-order valence-electron chi connectivity index (χ0n) is 8.67. The van der Waals surface area contributed by atoms with Crippen LogP contribution in [-0.2, 0) is 26.0 Å². The number of aliphatic hydroxyl groups is 1. The number of aryl methyl sites for hydroxylation is 2. The molecule has 1 aromatic rings. The molecule has 0 radical (unpaired) electrons. The third-order valence-electron chi connectivity index (χ3n) is 2.38. The highest BCUT2D eigenvalue weighted by Crippen LogP contribution is 2.15. The van der Waals surface area contributed by atoms with Gasteiger partial charge in [0, 0.05) is 17.8 Å². The monoisotopic (exact) mass is 182 g/mol. The second-order valence-corrected chi connectivity index (χ2v) is 3.05. The van der Waals surface area contributed by atoms with Crippen molar-refractivity contribution in [3.8, 4) is 0 Å². The zero-order chi connectivity index (χ0) is 9.84. The summed E-state index contributed by atoms with van der Waals surface area (Å²) in [6, 6.07) is 0. The Morgan fingerprint density at radius 1 is 1.23 bits per heavy atom. The standard InChI is InChI=1S/C10H18N2O/c1-4-9-8(7-13)10(5-2)12(6-3)11-9/h13H,4-7H2,1-3H3. The second kappa shape index (κ2) is 4.42. The van der Waals surface area contributed by atoms with Gasteiger partial charge in [0.15, 0.2) is 0 Å². The summed E-state index contributed by atoms with van der Waals surface area (Å²) in [6.45, 7) is 7.25. The molecule has 0 aliphatic carbocycles. The molecule has 1 rings (SSSR count). The van der Waals surface area contributed by atoms with Crippen LogP contribution in [0.4, 0.5) is 0 Å². The third kappa shape index (κ3) is 1.75. The van der Waals surface area contributed by atoms with E-state index in [1.54, 1.807) is 0 Å². The molecule has 0 fully saturated rings. The van der Waals surface area contributed by atoms with E-state index < -0.39 is 0 Å². The number of hydrogen-bond donors (Lipinski definition) is 1. The lowest BCUT2D eigenvalue weighted by Crippen LogP contribution is -2.02. The average molecular weight is 182 g/mol. The molecule has 0 atom stereocenters. The molecule has 13 heavy (non-hydrogen) atoms. The van der Waals surface area contributed by atoms with Gasteiger partial charge in [0.05, 0.1) is 12.3 Å². The zero-order valence-corrected chi connectivity index (χ0v) is 8.67. The van der Waals surface area contributed by atoms with Gasteiger partial charge < -0.3 is 5.11 Å². The van der Waals surface area contributed by atoms with Gasteiger partial charge in [0.25, 0.3) is 0 Å². The van der Waals surface area contributed by atoms with Gasteiger partial charge in [-0.25, -0.2) is 0 Å². The Bertz CT molecular complexity index is 252. The van der Waals surface area contributed by atoms with E-state index in [4.69, 9.17) is 0 Å². The molecule has 0 aliphatic heterocycles. The molecule has 0 spiro atoms. The van der Waals surface area contributed by atoms with Crippen molar-refractivity contribution in [2.24, 2.45) is 0 Å². The van der Waals surface area contributed by atoms with E-state index in [9.17, 15) is 5.11 Å². The van der Waals surface area contributed by atoms with Crippen LogP contribution in [0.1, 0.15) is 37.7 Å². The first-order valence-electron chi connectivity index (χ1n) is 4.96. The number of aliphatic hydroxyl groups excluding tert-OH is 1. The van der Waals surface area contributed by atoms with Crippen molar-refractivity contribution < 1.29 is 5.11 Å². The van der Waals surface area contributed by atoms with E-state index in [2.05, 4.69) is 25.9 Å². The fourth-order valence-electron chi connectivity index (χ4n) is 1.71. The Morgan fingerprint density at radius 3 is 2.31 bits per heavy atom. The summed E-state index contributed by atoms with van der Waals surface area (Å²) in [6.07, 6.45) is 1.84. The number of rotatable bonds is 4. The summed E-state index contributed by atoms with van der Waals surface area (Å²) >= 11 is 0. The molecule has 0 unspecified atom stereocenters. The van der Waals surface area contributed by atoms with Gasteiger partial charge in [-0.3, -0.25) is 4.68 Å². The highest BCUT2D eigenvalue weighted by molar-refractivity contribution is 5.25. The Kier molecular flexibility index (Phi) is 3.48. The van der Waals surface area contributed by atoms with E-state index in [1.165, 1.54) is 5.69 Å². The van der Waals surface area contributed by atoms with Crippen molar-refractivity contribution in [2.75, 3.05) is 0 Å². The van der Waals surface area contributed by atoms with E-state index >= 15 is 0 Å². The highest BCUT2D eigenvalue weighted by atomic mass is 16.3. The van der Waals surface area contributed by atoms with Gasteiger partial charge in [-0.05, 0) is 19.8 Å². The number of nitrogens with zero attached hydrogens (tertiary/aromatic N) is 2. The topological polar surface area (TPSA) is 38.0 Å². The van der Waals surface area contributed by atoms with Crippen LogP contribution in [0.15, 0.2) is 0 Å². The molecule has 74 valence electrons. The predicted octanol–water partition coefficient (Wildman–Crippen LogP) is 1.52. The molecular formula is C10H18N2O. The smallest absolute Gasteiger partial charge is 0.0718 e.